The topological polar surface area (TPSA) is 65.4 Å². The van der Waals surface area contributed by atoms with Gasteiger partial charge < -0.3 is 10.5 Å². The van der Waals surface area contributed by atoms with Gasteiger partial charge in [-0.05, 0) is 42.3 Å². The number of rotatable bonds is 4. The summed E-state index contributed by atoms with van der Waals surface area (Å²) >= 11 is 0. The Hall–Kier alpha value is -2.56. The van der Waals surface area contributed by atoms with Crippen LogP contribution < -0.4 is 10.5 Å². The summed E-state index contributed by atoms with van der Waals surface area (Å²) in [6.07, 6.45) is 1.93. The van der Waals surface area contributed by atoms with Crippen molar-refractivity contribution in [1.29, 1.82) is 0 Å². The van der Waals surface area contributed by atoms with Gasteiger partial charge in [-0.2, -0.15) is 0 Å². The van der Waals surface area contributed by atoms with Gasteiger partial charge in [0, 0.05) is 17.4 Å². The SMILES string of the molecule is CC(C)COc1cccn2c(-c3ccc(N)cc3)nnc12. The molecule has 0 bridgehead atoms. The Morgan fingerprint density at radius 3 is 2.62 bits per heavy atom. The van der Waals surface area contributed by atoms with E-state index in [-0.39, 0.29) is 0 Å². The van der Waals surface area contributed by atoms with Gasteiger partial charge in [0.1, 0.15) is 0 Å². The van der Waals surface area contributed by atoms with Gasteiger partial charge in [-0.15, -0.1) is 10.2 Å². The molecule has 0 amide bonds. The molecule has 0 aliphatic heterocycles. The fourth-order valence-electron chi connectivity index (χ4n) is 2.09. The maximum absolute atomic E-state index is 5.81. The lowest BCUT2D eigenvalue weighted by Gasteiger charge is -2.09. The Bertz CT molecular complexity index is 747. The second-order valence-electron chi connectivity index (χ2n) is 5.42. The van der Waals surface area contributed by atoms with E-state index in [9.17, 15) is 0 Å². The number of hydrogen-bond donors (Lipinski definition) is 1. The third kappa shape index (κ3) is 2.67. The molecule has 0 saturated carbocycles. The number of nitrogen functional groups attached to an aromatic ring is 1. The van der Waals surface area contributed by atoms with E-state index in [1.165, 1.54) is 0 Å². The highest BCUT2D eigenvalue weighted by Gasteiger charge is 2.12. The van der Waals surface area contributed by atoms with Crippen LogP contribution in [0.15, 0.2) is 42.6 Å². The fraction of sp³-hybridized carbons (Fsp3) is 0.250. The van der Waals surface area contributed by atoms with E-state index < -0.39 is 0 Å². The van der Waals surface area contributed by atoms with Crippen LogP contribution in [0.2, 0.25) is 0 Å². The highest BCUT2D eigenvalue weighted by atomic mass is 16.5. The van der Waals surface area contributed by atoms with Crippen molar-refractivity contribution in [2.24, 2.45) is 5.92 Å². The number of pyridine rings is 1. The van der Waals surface area contributed by atoms with Crippen LogP contribution in [0.3, 0.4) is 0 Å². The molecule has 0 unspecified atom stereocenters. The highest BCUT2D eigenvalue weighted by Crippen LogP contribution is 2.24. The fourth-order valence-corrected chi connectivity index (χ4v) is 2.09. The van der Waals surface area contributed by atoms with Crippen molar-refractivity contribution in [3.8, 4) is 17.1 Å². The molecule has 21 heavy (non-hydrogen) atoms. The first-order chi connectivity index (χ1) is 10.1. The van der Waals surface area contributed by atoms with Crippen molar-refractivity contribution in [3.05, 3.63) is 42.6 Å². The molecule has 2 N–H and O–H groups in total. The second kappa shape index (κ2) is 5.44. The summed E-state index contributed by atoms with van der Waals surface area (Å²) in [5, 5.41) is 8.53. The zero-order valence-electron chi connectivity index (χ0n) is 12.2. The number of ether oxygens (including phenoxy) is 1. The Labute approximate surface area is 123 Å². The molecule has 108 valence electrons. The van der Waals surface area contributed by atoms with Crippen molar-refractivity contribution in [3.63, 3.8) is 0 Å². The zero-order chi connectivity index (χ0) is 14.8. The Kier molecular flexibility index (Phi) is 3.48. The highest BCUT2D eigenvalue weighted by molar-refractivity contribution is 5.64. The van der Waals surface area contributed by atoms with Gasteiger partial charge in [0.15, 0.2) is 11.6 Å². The van der Waals surface area contributed by atoms with E-state index in [0.29, 0.717) is 12.5 Å². The number of fused-ring (bicyclic) bond motifs is 1. The quantitative estimate of drug-likeness (QED) is 0.747. The number of aromatic nitrogens is 3. The minimum absolute atomic E-state index is 0.463. The van der Waals surface area contributed by atoms with Crippen LogP contribution >= 0.6 is 0 Å². The van der Waals surface area contributed by atoms with Gasteiger partial charge in [-0.25, -0.2) is 0 Å². The molecule has 3 aromatic rings. The van der Waals surface area contributed by atoms with Crippen LogP contribution in [0.5, 0.6) is 5.75 Å². The molecule has 0 fully saturated rings. The molecular weight excluding hydrogens is 264 g/mol. The van der Waals surface area contributed by atoms with Gasteiger partial charge in [-0.1, -0.05) is 13.8 Å². The lowest BCUT2D eigenvalue weighted by Crippen LogP contribution is -2.05. The van der Waals surface area contributed by atoms with Crippen LogP contribution in [0.4, 0.5) is 5.69 Å². The van der Waals surface area contributed by atoms with Crippen molar-refractivity contribution in [1.82, 2.24) is 14.6 Å². The molecule has 3 rings (SSSR count). The number of hydrogen-bond acceptors (Lipinski definition) is 4. The molecule has 0 aliphatic rings. The summed E-state index contributed by atoms with van der Waals surface area (Å²) in [5.74, 6) is 1.99. The second-order valence-corrected chi connectivity index (χ2v) is 5.42. The Morgan fingerprint density at radius 1 is 1.14 bits per heavy atom. The maximum atomic E-state index is 5.81. The first-order valence-corrected chi connectivity index (χ1v) is 6.97. The van der Waals surface area contributed by atoms with Gasteiger partial charge in [0.05, 0.1) is 6.61 Å². The smallest absolute Gasteiger partial charge is 0.203 e. The van der Waals surface area contributed by atoms with E-state index in [4.69, 9.17) is 10.5 Å². The maximum Gasteiger partial charge on any atom is 0.203 e. The minimum Gasteiger partial charge on any atom is -0.489 e. The van der Waals surface area contributed by atoms with Crippen LogP contribution in [-0.2, 0) is 0 Å². The van der Waals surface area contributed by atoms with E-state index >= 15 is 0 Å². The summed E-state index contributed by atoms with van der Waals surface area (Å²) in [5.41, 5.74) is 8.15. The van der Waals surface area contributed by atoms with Crippen molar-refractivity contribution in [2.75, 3.05) is 12.3 Å². The molecule has 2 aromatic heterocycles. The summed E-state index contributed by atoms with van der Waals surface area (Å²) in [4.78, 5) is 0. The lowest BCUT2D eigenvalue weighted by atomic mass is 10.2. The predicted molar refractivity (Wildman–Crippen MR) is 83.2 cm³/mol. The van der Waals surface area contributed by atoms with Crippen LogP contribution in [0.25, 0.3) is 17.0 Å². The van der Waals surface area contributed by atoms with Crippen molar-refractivity contribution < 1.29 is 4.74 Å². The molecule has 0 atom stereocenters. The van der Waals surface area contributed by atoms with Crippen molar-refractivity contribution >= 4 is 11.3 Å². The van der Waals surface area contributed by atoms with Crippen molar-refractivity contribution in [2.45, 2.75) is 13.8 Å². The van der Waals surface area contributed by atoms with Crippen LogP contribution in [0, 0.1) is 5.92 Å². The zero-order valence-corrected chi connectivity index (χ0v) is 12.2. The van der Waals surface area contributed by atoms with Gasteiger partial charge in [-0.3, -0.25) is 4.40 Å². The predicted octanol–water partition coefficient (Wildman–Crippen LogP) is 3.01. The molecule has 0 aliphatic carbocycles. The van der Waals surface area contributed by atoms with E-state index in [2.05, 4.69) is 24.0 Å². The van der Waals surface area contributed by atoms with E-state index in [0.717, 1.165) is 28.5 Å². The molecular formula is C16H18N4O. The van der Waals surface area contributed by atoms with Crippen LogP contribution in [-0.4, -0.2) is 21.2 Å². The van der Waals surface area contributed by atoms with Gasteiger partial charge >= 0.3 is 0 Å². The monoisotopic (exact) mass is 282 g/mol. The Balaban J connectivity index is 2.02. The molecule has 1 aromatic carbocycles. The number of anilines is 1. The average molecular weight is 282 g/mol. The molecule has 2 heterocycles. The third-order valence-electron chi connectivity index (χ3n) is 3.14. The molecule has 5 heteroatoms. The van der Waals surface area contributed by atoms with Gasteiger partial charge in [0.2, 0.25) is 5.65 Å². The Morgan fingerprint density at radius 2 is 1.90 bits per heavy atom. The normalized spacial score (nSPS) is 11.2. The van der Waals surface area contributed by atoms with Gasteiger partial charge in [0.25, 0.3) is 0 Å². The van der Waals surface area contributed by atoms with E-state index in [1.807, 2.05) is 47.0 Å². The number of nitrogens with two attached hydrogens (primary N) is 1. The number of nitrogens with zero attached hydrogens (tertiary/aromatic N) is 3. The summed E-state index contributed by atoms with van der Waals surface area (Å²) in [7, 11) is 0. The minimum atomic E-state index is 0.463. The van der Waals surface area contributed by atoms with Crippen LogP contribution in [0.1, 0.15) is 13.8 Å². The number of benzene rings is 1. The summed E-state index contributed by atoms with van der Waals surface area (Å²) in [6.45, 7) is 4.89. The molecule has 0 radical (unpaired) electrons. The standard InChI is InChI=1S/C16H18N4O/c1-11(2)10-21-14-4-3-9-20-15(18-19-16(14)20)12-5-7-13(17)8-6-12/h3-9,11H,10,17H2,1-2H3. The first kappa shape index (κ1) is 13.4. The third-order valence-corrected chi connectivity index (χ3v) is 3.14. The lowest BCUT2D eigenvalue weighted by molar-refractivity contribution is 0.272. The molecule has 5 nitrogen and oxygen atoms in total. The van der Waals surface area contributed by atoms with E-state index in [1.54, 1.807) is 0 Å². The molecule has 0 saturated heterocycles. The summed E-state index contributed by atoms with van der Waals surface area (Å²) < 4.78 is 7.74. The first-order valence-electron chi connectivity index (χ1n) is 6.97. The summed E-state index contributed by atoms with van der Waals surface area (Å²) in [6, 6.07) is 11.4. The molecule has 0 spiro atoms. The largest absolute Gasteiger partial charge is 0.489 e. The average Bonchev–Trinajstić information content (AvgIpc) is 2.90.